The number of hydrogen-bond acceptors (Lipinski definition) is 3. The molecule has 0 N–H and O–H groups in total. The normalized spacial score (nSPS) is 12.4. The van der Waals surface area contributed by atoms with Crippen molar-refractivity contribution >= 4 is 43.6 Å². The first-order valence-electron chi connectivity index (χ1n) is 45.5. The van der Waals surface area contributed by atoms with Crippen LogP contribution in [-0.2, 0) is 32.5 Å². The van der Waals surface area contributed by atoms with Crippen LogP contribution in [-0.4, -0.2) is 9.13 Å². The predicted molar refractivity (Wildman–Crippen MR) is 516 cm³/mol. The number of nitrogens with zero attached hydrogens (tertiary/aromatic N) is 5. The van der Waals surface area contributed by atoms with Gasteiger partial charge >= 0.3 is 0 Å². The maximum Gasteiger partial charge on any atom is 0.0995 e. The molecule has 0 aliphatic heterocycles. The molecule has 0 spiro atoms. The largest absolute Gasteiger partial charge is 0.309 e. The van der Waals surface area contributed by atoms with E-state index in [1.165, 1.54) is 101 Å². The van der Waals surface area contributed by atoms with Gasteiger partial charge in [0.25, 0.3) is 0 Å². The van der Waals surface area contributed by atoms with Gasteiger partial charge in [0.05, 0.1) is 69.3 Å². The lowest BCUT2D eigenvalue weighted by atomic mass is 9.81. The monoisotopic (exact) mass is 1580 g/mol. The molecule has 0 bridgehead atoms. The first-order chi connectivity index (χ1) is 61.2. The Hall–Kier alpha value is -13.7. The minimum Gasteiger partial charge on any atom is -0.309 e. The number of nitriles is 3. The summed E-state index contributed by atoms with van der Waals surface area (Å²) in [4.78, 5) is 0. The Morgan fingerprint density at radius 2 is 0.612 bits per heavy atom. The molecule has 5 nitrogen and oxygen atoms in total. The van der Waals surface area contributed by atoms with Gasteiger partial charge in [0.2, 0.25) is 0 Å². The number of fused-ring (bicyclic) bond motifs is 6. The molecule has 2 heterocycles. The lowest BCUT2D eigenvalue weighted by Crippen LogP contribution is -2.15. The summed E-state index contributed by atoms with van der Waals surface area (Å²) in [5.41, 5.74) is 23.9. The second kappa shape index (κ2) is 37.5. The topological polar surface area (TPSA) is 81.2 Å². The van der Waals surface area contributed by atoms with Crippen LogP contribution in [0.25, 0.3) is 99.5 Å². The van der Waals surface area contributed by atoms with Gasteiger partial charge in [-0.1, -0.05) is 372 Å². The van der Waals surface area contributed by atoms with Gasteiger partial charge in [-0.3, -0.25) is 0 Å². The molecular weight excluding hydrogens is 1460 g/mol. The summed E-state index contributed by atoms with van der Waals surface area (Å²) in [6.07, 6.45) is 10.7. The average Bonchev–Trinajstić information content (AvgIpc) is 1.56. The fourth-order valence-electron chi connectivity index (χ4n) is 14.4. The zero-order valence-electron chi connectivity index (χ0n) is 82.4. The molecule has 0 fully saturated rings. The van der Waals surface area contributed by atoms with Gasteiger partial charge in [-0.15, -0.1) is 12.8 Å². The molecule has 0 amide bonds. The molecule has 0 saturated carbocycles. The molecule has 14 aromatic carbocycles. The minimum absolute atomic E-state index is 0.00226. The van der Waals surface area contributed by atoms with E-state index in [4.69, 9.17) is 41.0 Å². The molecule has 0 aliphatic rings. The summed E-state index contributed by atoms with van der Waals surface area (Å²) in [6.45, 7) is 40.1. The summed E-state index contributed by atoms with van der Waals surface area (Å²) < 4.78 is 78.7. The van der Waals surface area contributed by atoms with Crippen molar-refractivity contribution in [2.75, 3.05) is 0 Å². The van der Waals surface area contributed by atoms with E-state index in [1.54, 1.807) is 30.3 Å². The maximum absolute atomic E-state index is 8.98. The second-order valence-corrected chi connectivity index (χ2v) is 36.5. The quantitative estimate of drug-likeness (QED) is 0.156. The predicted octanol–water partition coefficient (Wildman–Crippen LogP) is 30.7. The van der Waals surface area contributed by atoms with Crippen molar-refractivity contribution in [2.45, 2.75) is 164 Å². The highest BCUT2D eigenvalue weighted by Gasteiger charge is 2.25. The van der Waals surface area contributed by atoms with E-state index in [9.17, 15) is 0 Å². The molecule has 0 atom stereocenters. The van der Waals surface area contributed by atoms with Crippen LogP contribution < -0.4 is 0 Å². The van der Waals surface area contributed by atoms with Crippen LogP contribution in [0.2, 0.25) is 0 Å². The zero-order chi connectivity index (χ0) is 95.0. The van der Waals surface area contributed by atoms with Crippen molar-refractivity contribution in [3.05, 3.63) is 394 Å². The summed E-state index contributed by atoms with van der Waals surface area (Å²) in [7, 11) is 0. The summed E-state index contributed by atoms with van der Waals surface area (Å²) in [5, 5.41) is 31.5. The van der Waals surface area contributed by atoms with Crippen LogP contribution in [0.5, 0.6) is 0 Å². The Morgan fingerprint density at radius 1 is 0.264 bits per heavy atom. The van der Waals surface area contributed by atoms with Crippen molar-refractivity contribution in [1.29, 1.82) is 15.8 Å². The highest BCUT2D eigenvalue weighted by molar-refractivity contribution is 6.10. The van der Waals surface area contributed by atoms with Gasteiger partial charge in [-0.2, -0.15) is 15.8 Å². The highest BCUT2D eigenvalue weighted by Crippen LogP contribution is 2.41. The molecule has 5 heteroatoms. The molecule has 16 rings (SSSR count). The fourth-order valence-corrected chi connectivity index (χ4v) is 14.4. The molecule has 0 unspecified atom stereocenters. The van der Waals surface area contributed by atoms with Gasteiger partial charge in [0.15, 0.2) is 0 Å². The Kier molecular flexibility index (Phi) is 23.5. The summed E-state index contributed by atoms with van der Waals surface area (Å²) in [6, 6.07) is 97.9. The molecule has 16 aromatic rings. The average molecular weight is 1590 g/mol. The maximum atomic E-state index is 8.98. The molecular formula is C116H113N5. The molecule has 602 valence electrons. The minimum atomic E-state index is -0.478. The molecule has 0 saturated heterocycles. The summed E-state index contributed by atoms with van der Waals surface area (Å²) >= 11 is 0. The van der Waals surface area contributed by atoms with Gasteiger partial charge in [0, 0.05) is 44.0 Å². The van der Waals surface area contributed by atoms with Crippen LogP contribution in [0.3, 0.4) is 0 Å². The number of rotatable bonds is 6. The van der Waals surface area contributed by atoms with Crippen LogP contribution in [0, 0.1) is 65.6 Å². The fraction of sp³-hybridized carbons (Fsp3) is 0.216. The third-order valence-electron chi connectivity index (χ3n) is 21.2. The smallest absolute Gasteiger partial charge is 0.0995 e. The van der Waals surface area contributed by atoms with Crippen LogP contribution in [0.1, 0.15) is 204 Å². The molecule has 0 aliphatic carbocycles. The van der Waals surface area contributed by atoms with Gasteiger partial charge in [0.1, 0.15) is 0 Å². The van der Waals surface area contributed by atoms with Crippen LogP contribution in [0.15, 0.2) is 327 Å². The van der Waals surface area contributed by atoms with E-state index in [0.717, 1.165) is 33.4 Å². The molecule has 2 aromatic heterocycles. The van der Waals surface area contributed by atoms with E-state index in [1.807, 2.05) is 69.3 Å². The van der Waals surface area contributed by atoms with Crippen molar-refractivity contribution in [1.82, 2.24) is 9.13 Å². The van der Waals surface area contributed by atoms with Gasteiger partial charge in [-0.05, 0) is 214 Å². The Balaban J connectivity index is 0.000000159. The highest BCUT2D eigenvalue weighted by atomic mass is 15.0. The van der Waals surface area contributed by atoms with E-state index < -0.39 is 18.1 Å². The van der Waals surface area contributed by atoms with E-state index in [2.05, 4.69) is 337 Å². The van der Waals surface area contributed by atoms with Crippen molar-refractivity contribution in [3.8, 4) is 98.8 Å². The number of aromatic nitrogens is 2. The third kappa shape index (κ3) is 21.8. The number of para-hydroxylation sites is 4. The standard InChI is InChI=1S/C34H28N2.C23H24.C22H22.2C13H13N.C11H13N/c1-34(2,3)23-20-24(35-30-16-8-4-12-26(30)27-13-5-9-17-31(27)35)22-25(21-23)36-32-18-10-6-14-28(32)29-15-7-11-19-33(29)36;1-17-10-12-19(13-11-17)21-14-20(18-8-6-5-7-9-18)15-22(16-21)23(2,3)4;1-22(2,3)21-15-19(17-10-6-4-7-11-17)14-20(16-21)18-12-8-5-9-13-18;1-5-10-6-11(9-14)8-12(7-10)13(2,3)4;1-5-10-7-6-8-11(9-14)12(10)13(2,3)4;1-11(2,3)10-6-4-9(8-12)5-7-10/h4-22H,1-3H3;5-16H,1-4H3;4-16H,1-3H3;2*1,6-8H,2-4H3;4-7H,1-3H3/i;5D,6D,7D,8D,9D,10D,11D,12D,13D;;;;. The first-order valence-corrected chi connectivity index (χ1v) is 41.0. The third-order valence-corrected chi connectivity index (χ3v) is 21.2. The lowest BCUT2D eigenvalue weighted by molar-refractivity contribution is 0.587. The SMILES string of the molecule is C#Cc1cc(C#N)cc(C(C)(C)C)c1.C#Cc1cccc(C#N)c1C(C)(C)C.CC(C)(C)c1cc(-c2ccccc2)cc(-c2ccccc2)c1.CC(C)(C)c1cc(-n2c3ccccc3c3ccccc32)cc(-n2c3ccccc3c3ccccc32)c1.CC(C)(C)c1ccc(C#N)cc1.[2H]c1c([2H])c([2H])c(-c2cc(-c3c([2H])c([2H])c(C)c([2H])c3[2H])cc(C(C)(C)C)c2)c([2H])c1[2H]. The van der Waals surface area contributed by atoms with E-state index in [0.29, 0.717) is 22.3 Å². The van der Waals surface area contributed by atoms with Crippen molar-refractivity contribution < 1.29 is 12.3 Å². The number of hydrogen-bond donors (Lipinski definition) is 0. The van der Waals surface area contributed by atoms with Gasteiger partial charge in [-0.25, -0.2) is 0 Å². The van der Waals surface area contributed by atoms with Gasteiger partial charge < -0.3 is 9.13 Å². The molecule has 0 radical (unpaired) electrons. The second-order valence-electron chi connectivity index (χ2n) is 36.5. The number of terminal acetylenes is 2. The number of benzene rings is 14. The van der Waals surface area contributed by atoms with Crippen molar-refractivity contribution in [2.24, 2.45) is 0 Å². The Bertz CT molecular complexity index is 6630. The lowest BCUT2D eigenvalue weighted by Gasteiger charge is -2.23. The van der Waals surface area contributed by atoms with Crippen LogP contribution >= 0.6 is 0 Å². The van der Waals surface area contributed by atoms with E-state index in [-0.39, 0.29) is 85.4 Å². The van der Waals surface area contributed by atoms with Crippen molar-refractivity contribution in [3.63, 3.8) is 0 Å². The molecule has 121 heavy (non-hydrogen) atoms. The Labute approximate surface area is 733 Å². The zero-order valence-corrected chi connectivity index (χ0v) is 73.4. The summed E-state index contributed by atoms with van der Waals surface area (Å²) in [5.74, 6) is 5.19. The first kappa shape index (κ1) is 76.0. The Morgan fingerprint density at radius 3 is 0.975 bits per heavy atom. The van der Waals surface area contributed by atoms with Crippen LogP contribution in [0.4, 0.5) is 0 Å². The van der Waals surface area contributed by atoms with E-state index >= 15 is 0 Å².